The summed E-state index contributed by atoms with van der Waals surface area (Å²) in [5.74, 6) is 0.968. The van der Waals surface area contributed by atoms with Crippen LogP contribution in [-0.4, -0.2) is 51.9 Å². The second-order valence-electron chi connectivity index (χ2n) is 6.98. The topological polar surface area (TPSA) is 98.3 Å². The number of alkyl halides is 2. The minimum absolute atomic E-state index is 0. The van der Waals surface area contributed by atoms with Gasteiger partial charge in [0.25, 0.3) is 0 Å². The Balaban J connectivity index is 0.00000420. The summed E-state index contributed by atoms with van der Waals surface area (Å²) in [7, 11) is -1.76. The van der Waals surface area contributed by atoms with Crippen LogP contribution in [0.4, 0.5) is 8.78 Å². The van der Waals surface area contributed by atoms with Gasteiger partial charge in [-0.15, -0.1) is 24.0 Å². The number of benzene rings is 1. The van der Waals surface area contributed by atoms with Crippen molar-refractivity contribution in [2.24, 2.45) is 4.99 Å². The highest BCUT2D eigenvalue weighted by Gasteiger charge is 2.28. The number of sulfone groups is 1. The molecule has 0 saturated heterocycles. The largest absolute Gasteiger partial charge is 0.454 e. The molecular formula is C17H26F2IN3O5S. The molecule has 1 heterocycles. The smallest absolute Gasteiger partial charge is 0.387 e. The number of hydrogen-bond acceptors (Lipinski definition) is 6. The summed E-state index contributed by atoms with van der Waals surface area (Å²) in [5.41, 5.74) is 0.412. The molecule has 2 rings (SSSR count). The lowest BCUT2D eigenvalue weighted by molar-refractivity contribution is -0.0505. The van der Waals surface area contributed by atoms with Gasteiger partial charge in [-0.2, -0.15) is 8.78 Å². The maximum atomic E-state index is 12.7. The number of ether oxygens (including phenoxy) is 3. The van der Waals surface area contributed by atoms with Gasteiger partial charge in [-0.25, -0.2) is 8.42 Å². The van der Waals surface area contributed by atoms with Crippen LogP contribution in [0.5, 0.6) is 17.2 Å². The van der Waals surface area contributed by atoms with Crippen LogP contribution >= 0.6 is 24.0 Å². The van der Waals surface area contributed by atoms with Crippen molar-refractivity contribution in [1.29, 1.82) is 0 Å². The van der Waals surface area contributed by atoms with Gasteiger partial charge < -0.3 is 24.8 Å². The van der Waals surface area contributed by atoms with Gasteiger partial charge in [0.05, 0.1) is 10.5 Å². The van der Waals surface area contributed by atoms with Crippen LogP contribution in [0.1, 0.15) is 26.3 Å². The second kappa shape index (κ2) is 10.5. The molecule has 0 spiro atoms. The van der Waals surface area contributed by atoms with E-state index < -0.39 is 21.2 Å². The predicted octanol–water partition coefficient (Wildman–Crippen LogP) is 2.51. The Morgan fingerprint density at radius 3 is 2.41 bits per heavy atom. The van der Waals surface area contributed by atoms with Gasteiger partial charge in [0.1, 0.15) is 5.75 Å². The average Bonchev–Trinajstić information content (AvgIpc) is 3.03. The summed E-state index contributed by atoms with van der Waals surface area (Å²) in [6.45, 7) is 2.19. The minimum Gasteiger partial charge on any atom is -0.454 e. The molecule has 0 bridgehead atoms. The Morgan fingerprint density at radius 2 is 1.86 bits per heavy atom. The molecule has 2 N–H and O–H groups in total. The van der Waals surface area contributed by atoms with E-state index in [9.17, 15) is 17.2 Å². The lowest BCUT2D eigenvalue weighted by Gasteiger charge is -2.20. The molecule has 0 fully saturated rings. The van der Waals surface area contributed by atoms with E-state index in [2.05, 4.69) is 20.4 Å². The number of fused-ring (bicyclic) bond motifs is 1. The normalized spacial score (nSPS) is 13.8. The first-order valence-electron chi connectivity index (χ1n) is 8.57. The van der Waals surface area contributed by atoms with Crippen molar-refractivity contribution in [2.45, 2.75) is 38.7 Å². The van der Waals surface area contributed by atoms with Crippen molar-refractivity contribution >= 4 is 39.8 Å². The molecule has 0 aromatic heterocycles. The van der Waals surface area contributed by atoms with E-state index in [0.29, 0.717) is 23.0 Å². The SMILES string of the molecule is CN=C(NCCS(=O)(=O)C(C)(C)C)NCc1cc2c(cc1OC(F)F)OCO2.I. The minimum atomic E-state index is -3.27. The molecule has 0 amide bonds. The lowest BCUT2D eigenvalue weighted by Crippen LogP contribution is -2.41. The molecule has 1 aromatic carbocycles. The number of guanidine groups is 1. The van der Waals surface area contributed by atoms with Crippen molar-refractivity contribution in [2.75, 3.05) is 26.1 Å². The molecule has 0 atom stereocenters. The van der Waals surface area contributed by atoms with Gasteiger partial charge in [0.15, 0.2) is 27.3 Å². The van der Waals surface area contributed by atoms with E-state index in [-0.39, 0.29) is 55.4 Å². The maximum absolute atomic E-state index is 12.7. The second-order valence-corrected chi connectivity index (χ2v) is 9.84. The van der Waals surface area contributed by atoms with E-state index >= 15 is 0 Å². The number of rotatable bonds is 7. The zero-order valence-corrected chi connectivity index (χ0v) is 19.8. The standard InChI is InChI=1S/C17H25F2N3O5S.HI/c1-17(2,3)28(23,24)6-5-21-16(20-4)22-9-11-7-13-14(26-10-25-13)8-12(11)27-15(18)19;/h7-8,15H,5-6,9-10H2,1-4H3,(H2,20,21,22);1H. The Labute approximate surface area is 186 Å². The van der Waals surface area contributed by atoms with Crippen molar-refractivity contribution in [1.82, 2.24) is 10.6 Å². The first kappa shape index (κ1) is 25.5. The van der Waals surface area contributed by atoms with Gasteiger partial charge in [-0.3, -0.25) is 4.99 Å². The third-order valence-corrected chi connectivity index (χ3v) is 6.65. The number of nitrogens with zero attached hydrogens (tertiary/aromatic N) is 1. The van der Waals surface area contributed by atoms with Crippen LogP contribution in [0, 0.1) is 0 Å². The molecule has 0 unspecified atom stereocenters. The third-order valence-electron chi connectivity index (χ3n) is 4.04. The van der Waals surface area contributed by atoms with E-state index in [1.165, 1.54) is 13.1 Å². The van der Waals surface area contributed by atoms with Crippen molar-refractivity contribution in [3.63, 3.8) is 0 Å². The van der Waals surface area contributed by atoms with E-state index in [1.807, 2.05) is 0 Å². The molecule has 29 heavy (non-hydrogen) atoms. The van der Waals surface area contributed by atoms with Crippen LogP contribution in [0.2, 0.25) is 0 Å². The summed E-state index contributed by atoms with van der Waals surface area (Å²) < 4.78 is 63.8. The monoisotopic (exact) mass is 549 g/mol. The lowest BCUT2D eigenvalue weighted by atomic mass is 10.1. The Bertz CT molecular complexity index is 829. The number of hydrogen-bond donors (Lipinski definition) is 2. The number of nitrogens with one attached hydrogen (secondary N) is 2. The molecule has 12 heteroatoms. The van der Waals surface area contributed by atoms with Crippen LogP contribution in [-0.2, 0) is 16.4 Å². The van der Waals surface area contributed by atoms with Crippen molar-refractivity contribution in [3.05, 3.63) is 17.7 Å². The quantitative estimate of drug-likeness (QED) is 0.307. The van der Waals surface area contributed by atoms with Gasteiger partial charge in [0, 0.05) is 31.8 Å². The Kier molecular flexibility index (Phi) is 9.18. The molecular weight excluding hydrogens is 523 g/mol. The molecule has 1 aliphatic rings. The van der Waals surface area contributed by atoms with E-state index in [0.717, 1.165) is 0 Å². The summed E-state index contributed by atoms with van der Waals surface area (Å²) in [6, 6.07) is 2.89. The van der Waals surface area contributed by atoms with Crippen LogP contribution in [0.3, 0.4) is 0 Å². The number of aliphatic imine (C=N–C) groups is 1. The van der Waals surface area contributed by atoms with Gasteiger partial charge >= 0.3 is 6.61 Å². The van der Waals surface area contributed by atoms with Crippen molar-refractivity contribution in [3.8, 4) is 17.2 Å². The molecule has 1 aliphatic heterocycles. The first-order valence-corrected chi connectivity index (χ1v) is 10.2. The summed E-state index contributed by atoms with van der Waals surface area (Å²) in [5, 5.41) is 5.83. The average molecular weight is 549 g/mol. The van der Waals surface area contributed by atoms with Crippen LogP contribution < -0.4 is 24.8 Å². The van der Waals surface area contributed by atoms with Gasteiger partial charge in [0.2, 0.25) is 6.79 Å². The van der Waals surface area contributed by atoms with Crippen LogP contribution in [0.25, 0.3) is 0 Å². The fourth-order valence-electron chi connectivity index (χ4n) is 2.32. The fourth-order valence-corrected chi connectivity index (χ4v) is 3.30. The van der Waals surface area contributed by atoms with Crippen molar-refractivity contribution < 1.29 is 31.4 Å². The molecule has 8 nitrogen and oxygen atoms in total. The fraction of sp³-hybridized carbons (Fsp3) is 0.588. The highest BCUT2D eigenvalue weighted by molar-refractivity contribution is 14.0. The molecule has 166 valence electrons. The number of halogens is 3. The Hall–Kier alpha value is -1.57. The molecule has 0 saturated carbocycles. The van der Waals surface area contributed by atoms with Gasteiger partial charge in [-0.1, -0.05) is 0 Å². The molecule has 1 aromatic rings. The maximum Gasteiger partial charge on any atom is 0.387 e. The zero-order valence-electron chi connectivity index (χ0n) is 16.6. The summed E-state index contributed by atoms with van der Waals surface area (Å²) in [4.78, 5) is 4.00. The van der Waals surface area contributed by atoms with E-state index in [1.54, 1.807) is 26.8 Å². The highest BCUT2D eigenvalue weighted by atomic mass is 127. The highest BCUT2D eigenvalue weighted by Crippen LogP contribution is 2.38. The Morgan fingerprint density at radius 1 is 1.24 bits per heavy atom. The predicted molar refractivity (Wildman–Crippen MR) is 116 cm³/mol. The molecule has 0 radical (unpaired) electrons. The van der Waals surface area contributed by atoms with E-state index in [4.69, 9.17) is 9.47 Å². The molecule has 0 aliphatic carbocycles. The summed E-state index contributed by atoms with van der Waals surface area (Å²) in [6.07, 6.45) is 0. The third kappa shape index (κ3) is 7.01. The summed E-state index contributed by atoms with van der Waals surface area (Å²) >= 11 is 0. The van der Waals surface area contributed by atoms with Crippen LogP contribution in [0.15, 0.2) is 17.1 Å². The zero-order chi connectivity index (χ0) is 20.9. The first-order chi connectivity index (χ1) is 13.0. The van der Waals surface area contributed by atoms with Gasteiger partial charge in [-0.05, 0) is 26.8 Å².